The molecule has 1 aliphatic rings. The Bertz CT molecular complexity index is 515. The van der Waals surface area contributed by atoms with Crippen LogP contribution in [0.3, 0.4) is 0 Å². The summed E-state index contributed by atoms with van der Waals surface area (Å²) >= 11 is 3.34. The van der Waals surface area contributed by atoms with Crippen molar-refractivity contribution in [2.75, 3.05) is 19.7 Å². The van der Waals surface area contributed by atoms with Crippen LogP contribution < -0.4 is 0 Å². The first kappa shape index (κ1) is 15.0. The summed E-state index contributed by atoms with van der Waals surface area (Å²) in [6.45, 7) is 1.19. The Morgan fingerprint density at radius 3 is 2.58 bits per heavy atom. The lowest BCUT2D eigenvalue weighted by Crippen LogP contribution is -2.29. The number of hydrogen-bond donors (Lipinski definition) is 1. The molecule has 106 valence electrons. The summed E-state index contributed by atoms with van der Waals surface area (Å²) in [6.07, 6.45) is 1.51. The summed E-state index contributed by atoms with van der Waals surface area (Å²) in [5.74, 6) is 0.279. The Hall–Kier alpha value is -0.430. The lowest BCUT2D eigenvalue weighted by Gasteiger charge is -2.16. The normalized spacial score (nSPS) is 20.8. The molecule has 0 spiro atoms. The van der Waals surface area contributed by atoms with Gasteiger partial charge in [0.2, 0.25) is 10.0 Å². The molecule has 1 heterocycles. The highest BCUT2D eigenvalue weighted by Crippen LogP contribution is 2.26. The van der Waals surface area contributed by atoms with E-state index >= 15 is 0 Å². The quantitative estimate of drug-likeness (QED) is 0.828. The third kappa shape index (κ3) is 3.37. The molecule has 1 atom stereocenters. The van der Waals surface area contributed by atoms with Gasteiger partial charge in [0, 0.05) is 25.0 Å². The molecular weight excluding hydrogens is 330 g/mol. The second kappa shape index (κ2) is 6.35. The van der Waals surface area contributed by atoms with E-state index < -0.39 is 10.0 Å². The molecular formula is C13H18BrNO3S. The largest absolute Gasteiger partial charge is 0.396 e. The molecule has 0 aromatic heterocycles. The minimum atomic E-state index is -3.38. The maximum absolute atomic E-state index is 12.4. The molecule has 1 saturated heterocycles. The van der Waals surface area contributed by atoms with Crippen molar-refractivity contribution in [3.8, 4) is 0 Å². The second-order valence-electron chi connectivity index (χ2n) is 4.81. The summed E-state index contributed by atoms with van der Waals surface area (Å²) in [5.41, 5.74) is 1.05. The third-order valence-electron chi connectivity index (χ3n) is 3.50. The van der Waals surface area contributed by atoms with Crippen LogP contribution >= 0.6 is 15.9 Å². The molecule has 0 amide bonds. The van der Waals surface area contributed by atoms with Crippen LogP contribution in [-0.4, -0.2) is 37.5 Å². The third-order valence-corrected chi connectivity index (χ3v) is 6.03. The summed E-state index contributed by atoms with van der Waals surface area (Å²) in [4.78, 5) is 0.349. The van der Waals surface area contributed by atoms with Gasteiger partial charge in [-0.25, -0.2) is 8.42 Å². The summed E-state index contributed by atoms with van der Waals surface area (Å²) in [5, 5.41) is 9.64. The van der Waals surface area contributed by atoms with Gasteiger partial charge >= 0.3 is 0 Å². The van der Waals surface area contributed by atoms with Crippen LogP contribution in [0.4, 0.5) is 0 Å². The first-order chi connectivity index (χ1) is 9.07. The van der Waals surface area contributed by atoms with E-state index in [0.717, 1.165) is 17.3 Å². The van der Waals surface area contributed by atoms with Gasteiger partial charge in [-0.1, -0.05) is 28.1 Å². The fourth-order valence-corrected chi connectivity index (χ4v) is 4.24. The van der Waals surface area contributed by atoms with Crippen molar-refractivity contribution in [1.29, 1.82) is 0 Å². The number of aliphatic hydroxyl groups is 1. The van der Waals surface area contributed by atoms with E-state index in [0.29, 0.717) is 24.4 Å². The zero-order valence-corrected chi connectivity index (χ0v) is 13.0. The minimum absolute atomic E-state index is 0.124. The smallest absolute Gasteiger partial charge is 0.243 e. The van der Waals surface area contributed by atoms with Crippen LogP contribution in [0.5, 0.6) is 0 Å². The molecule has 4 nitrogen and oxygen atoms in total. The van der Waals surface area contributed by atoms with Crippen LogP contribution in [0.2, 0.25) is 0 Å². The molecule has 2 rings (SSSR count). The average Bonchev–Trinajstić information content (AvgIpc) is 2.89. The number of halogens is 1. The predicted octanol–water partition coefficient (Wildman–Crippen LogP) is 1.97. The fourth-order valence-electron chi connectivity index (χ4n) is 2.33. The molecule has 6 heteroatoms. The monoisotopic (exact) mass is 347 g/mol. The number of aliphatic hydroxyl groups excluding tert-OH is 1. The number of nitrogens with zero attached hydrogens (tertiary/aromatic N) is 1. The van der Waals surface area contributed by atoms with E-state index in [9.17, 15) is 8.42 Å². The Kier molecular flexibility index (Phi) is 5.00. The maximum atomic E-state index is 12.4. The molecule has 1 N–H and O–H groups in total. The Morgan fingerprint density at radius 2 is 2.00 bits per heavy atom. The van der Waals surface area contributed by atoms with Crippen LogP contribution in [0, 0.1) is 5.92 Å². The molecule has 0 bridgehead atoms. The van der Waals surface area contributed by atoms with Crippen molar-refractivity contribution >= 4 is 26.0 Å². The Labute approximate surface area is 122 Å². The van der Waals surface area contributed by atoms with Gasteiger partial charge < -0.3 is 5.11 Å². The molecule has 1 fully saturated rings. The molecule has 19 heavy (non-hydrogen) atoms. The van der Waals surface area contributed by atoms with Crippen molar-refractivity contribution in [3.63, 3.8) is 0 Å². The molecule has 1 aromatic rings. The van der Waals surface area contributed by atoms with Gasteiger partial charge in [0.15, 0.2) is 0 Å². The predicted molar refractivity (Wildman–Crippen MR) is 77.6 cm³/mol. The van der Waals surface area contributed by atoms with E-state index in [2.05, 4.69) is 15.9 Å². The standard InChI is InChI=1S/C13H18BrNO3S/c14-9-11-1-3-13(4-2-11)19(17,18)15-7-5-12(10-15)6-8-16/h1-4,12,16H,5-10H2. The molecule has 0 radical (unpaired) electrons. The van der Waals surface area contributed by atoms with Crippen LogP contribution in [0.25, 0.3) is 0 Å². The topological polar surface area (TPSA) is 57.6 Å². The van der Waals surface area contributed by atoms with E-state index in [1.807, 2.05) is 12.1 Å². The van der Waals surface area contributed by atoms with E-state index in [4.69, 9.17) is 5.11 Å². The highest BCUT2D eigenvalue weighted by Gasteiger charge is 2.31. The zero-order valence-electron chi connectivity index (χ0n) is 10.6. The maximum Gasteiger partial charge on any atom is 0.243 e. The van der Waals surface area contributed by atoms with Gasteiger partial charge in [0.05, 0.1) is 4.90 Å². The average molecular weight is 348 g/mol. The zero-order chi connectivity index (χ0) is 13.9. The second-order valence-corrected chi connectivity index (χ2v) is 7.31. The first-order valence-corrected chi connectivity index (χ1v) is 8.90. The van der Waals surface area contributed by atoms with Crippen molar-refractivity contribution in [1.82, 2.24) is 4.31 Å². The molecule has 1 unspecified atom stereocenters. The number of hydrogen-bond acceptors (Lipinski definition) is 3. The van der Waals surface area contributed by atoms with Gasteiger partial charge in [-0.3, -0.25) is 0 Å². The van der Waals surface area contributed by atoms with Crippen molar-refractivity contribution in [2.45, 2.75) is 23.1 Å². The Balaban J connectivity index is 2.13. The lowest BCUT2D eigenvalue weighted by atomic mass is 10.1. The number of alkyl halides is 1. The van der Waals surface area contributed by atoms with Crippen LogP contribution in [0.1, 0.15) is 18.4 Å². The minimum Gasteiger partial charge on any atom is -0.396 e. The molecule has 1 aromatic carbocycles. The highest BCUT2D eigenvalue weighted by molar-refractivity contribution is 9.08. The number of rotatable bonds is 5. The number of sulfonamides is 1. The van der Waals surface area contributed by atoms with Crippen molar-refractivity contribution < 1.29 is 13.5 Å². The van der Waals surface area contributed by atoms with Crippen LogP contribution in [0.15, 0.2) is 29.2 Å². The summed E-state index contributed by atoms with van der Waals surface area (Å²) in [7, 11) is -3.38. The van der Waals surface area contributed by atoms with E-state index in [1.165, 1.54) is 4.31 Å². The van der Waals surface area contributed by atoms with Crippen LogP contribution in [-0.2, 0) is 15.4 Å². The summed E-state index contributed by atoms with van der Waals surface area (Å²) in [6, 6.07) is 6.96. The highest BCUT2D eigenvalue weighted by atomic mass is 79.9. The number of benzene rings is 1. The SMILES string of the molecule is O=S(=O)(c1ccc(CBr)cc1)N1CCC(CCO)C1. The lowest BCUT2D eigenvalue weighted by molar-refractivity contribution is 0.259. The van der Waals surface area contributed by atoms with Gasteiger partial charge in [-0.15, -0.1) is 0 Å². The van der Waals surface area contributed by atoms with E-state index in [1.54, 1.807) is 12.1 Å². The van der Waals surface area contributed by atoms with Crippen molar-refractivity contribution in [3.05, 3.63) is 29.8 Å². The van der Waals surface area contributed by atoms with E-state index in [-0.39, 0.29) is 12.5 Å². The molecule has 1 aliphatic heterocycles. The first-order valence-electron chi connectivity index (χ1n) is 6.34. The van der Waals surface area contributed by atoms with Gasteiger partial charge in [-0.2, -0.15) is 4.31 Å². The van der Waals surface area contributed by atoms with Crippen molar-refractivity contribution in [2.24, 2.45) is 5.92 Å². The summed E-state index contributed by atoms with van der Waals surface area (Å²) < 4.78 is 26.4. The fraction of sp³-hybridized carbons (Fsp3) is 0.538. The van der Waals surface area contributed by atoms with Gasteiger partial charge in [-0.05, 0) is 36.5 Å². The Morgan fingerprint density at radius 1 is 1.32 bits per heavy atom. The van der Waals surface area contributed by atoms with Gasteiger partial charge in [0.1, 0.15) is 0 Å². The van der Waals surface area contributed by atoms with Gasteiger partial charge in [0.25, 0.3) is 0 Å². The molecule has 0 saturated carbocycles. The molecule has 0 aliphatic carbocycles.